The van der Waals surface area contributed by atoms with E-state index in [9.17, 15) is 18.0 Å². The quantitative estimate of drug-likeness (QED) is 0.770. The van der Waals surface area contributed by atoms with Crippen molar-refractivity contribution in [2.45, 2.75) is 19.8 Å². The number of pyridine rings is 1. The fraction of sp³-hybridized carbons (Fsp3) is 0.231. The van der Waals surface area contributed by atoms with Gasteiger partial charge in [0.25, 0.3) is 5.91 Å². The summed E-state index contributed by atoms with van der Waals surface area (Å²) < 4.78 is 37.1. The van der Waals surface area contributed by atoms with Crippen LogP contribution >= 0.6 is 0 Å². The van der Waals surface area contributed by atoms with Gasteiger partial charge in [-0.2, -0.15) is 14.9 Å². The maximum absolute atomic E-state index is 12.4. The van der Waals surface area contributed by atoms with Gasteiger partial charge in [0, 0.05) is 35.6 Å². The summed E-state index contributed by atoms with van der Waals surface area (Å²) in [4.78, 5) is 16.0. The fourth-order valence-corrected chi connectivity index (χ4v) is 2.02. The maximum Gasteiger partial charge on any atom is 0.504 e. The summed E-state index contributed by atoms with van der Waals surface area (Å²) in [5.74, 6) is -0.507. The molecule has 0 radical (unpaired) electrons. The summed E-state index contributed by atoms with van der Waals surface area (Å²) >= 11 is 0. The highest BCUT2D eigenvalue weighted by atomic mass is 19.4. The monoisotopic (exact) mass is 324 g/mol. The largest absolute Gasteiger partial charge is 0.504 e. The van der Waals surface area contributed by atoms with Crippen LogP contribution < -0.4 is 5.32 Å². The zero-order chi connectivity index (χ0) is 16.6. The Hall–Kier alpha value is -2.91. The molecule has 0 atom stereocenters. The van der Waals surface area contributed by atoms with E-state index >= 15 is 0 Å². The second-order valence-corrected chi connectivity index (χ2v) is 4.88. The lowest BCUT2D eigenvalue weighted by Crippen LogP contribution is -2.23. The zero-order valence-corrected chi connectivity index (χ0v) is 11.8. The first-order valence-corrected chi connectivity index (χ1v) is 6.54. The summed E-state index contributed by atoms with van der Waals surface area (Å²) in [6, 6.07) is 1.51. The lowest BCUT2D eigenvalue weighted by Gasteiger charge is -2.05. The SMILES string of the molecule is Cc1[nH]nc2cc(C(=O)NCc3cnn(C(F)(F)F)c3)ncc12. The van der Waals surface area contributed by atoms with Crippen LogP contribution in [0.3, 0.4) is 0 Å². The van der Waals surface area contributed by atoms with Crippen LogP contribution in [0.2, 0.25) is 0 Å². The molecule has 3 aromatic rings. The molecule has 23 heavy (non-hydrogen) atoms. The molecule has 3 rings (SSSR count). The van der Waals surface area contributed by atoms with E-state index in [2.05, 4.69) is 25.6 Å². The van der Waals surface area contributed by atoms with Gasteiger partial charge >= 0.3 is 6.30 Å². The number of hydrogen-bond acceptors (Lipinski definition) is 4. The number of aryl methyl sites for hydroxylation is 1. The number of nitrogens with zero attached hydrogens (tertiary/aromatic N) is 4. The molecule has 0 fully saturated rings. The Kier molecular flexibility index (Phi) is 3.51. The summed E-state index contributed by atoms with van der Waals surface area (Å²) in [7, 11) is 0. The van der Waals surface area contributed by atoms with Crippen molar-refractivity contribution in [3.05, 3.63) is 41.6 Å². The Morgan fingerprint density at radius 2 is 2.17 bits per heavy atom. The zero-order valence-electron chi connectivity index (χ0n) is 11.8. The molecular formula is C13H11F3N6O. The molecule has 120 valence electrons. The van der Waals surface area contributed by atoms with Gasteiger partial charge in [-0.05, 0) is 13.0 Å². The Morgan fingerprint density at radius 3 is 2.87 bits per heavy atom. The van der Waals surface area contributed by atoms with Crippen LogP contribution in [0, 0.1) is 6.92 Å². The predicted molar refractivity (Wildman–Crippen MR) is 73.3 cm³/mol. The van der Waals surface area contributed by atoms with Crippen LogP contribution in [0.4, 0.5) is 13.2 Å². The van der Waals surface area contributed by atoms with Crippen molar-refractivity contribution in [1.82, 2.24) is 30.3 Å². The number of hydrogen-bond donors (Lipinski definition) is 2. The van der Waals surface area contributed by atoms with Gasteiger partial charge in [-0.1, -0.05) is 0 Å². The van der Waals surface area contributed by atoms with E-state index in [1.54, 1.807) is 0 Å². The minimum absolute atomic E-state index is 0.0891. The number of rotatable bonds is 3. The third kappa shape index (κ3) is 3.00. The standard InChI is InChI=1S/C13H11F3N6O/c1-7-9-5-17-11(2-10(9)21-20-7)12(23)18-3-8-4-19-22(6-8)13(14,15)16/h2,4-6H,3H2,1H3,(H,18,23)(H,20,21). The highest BCUT2D eigenvalue weighted by Gasteiger charge is 2.31. The molecule has 7 nitrogen and oxygen atoms in total. The van der Waals surface area contributed by atoms with Crippen molar-refractivity contribution in [1.29, 1.82) is 0 Å². The molecule has 0 unspecified atom stereocenters. The number of aromatic nitrogens is 5. The fourth-order valence-electron chi connectivity index (χ4n) is 2.02. The van der Waals surface area contributed by atoms with E-state index in [0.717, 1.165) is 23.5 Å². The number of amides is 1. The van der Waals surface area contributed by atoms with Crippen molar-refractivity contribution < 1.29 is 18.0 Å². The second kappa shape index (κ2) is 5.38. The number of carbonyl (C=O) groups is 1. The van der Waals surface area contributed by atoms with Gasteiger partial charge in [0.1, 0.15) is 5.69 Å². The van der Waals surface area contributed by atoms with Gasteiger partial charge in [-0.3, -0.25) is 14.9 Å². The van der Waals surface area contributed by atoms with Crippen molar-refractivity contribution in [2.24, 2.45) is 0 Å². The highest BCUT2D eigenvalue weighted by molar-refractivity contribution is 5.95. The number of alkyl halides is 3. The number of fused-ring (bicyclic) bond motifs is 1. The number of H-pyrrole nitrogens is 1. The lowest BCUT2D eigenvalue weighted by molar-refractivity contribution is -0.212. The van der Waals surface area contributed by atoms with Crippen LogP contribution in [0.1, 0.15) is 21.7 Å². The minimum Gasteiger partial charge on any atom is -0.347 e. The molecule has 0 aliphatic rings. The predicted octanol–water partition coefficient (Wildman–Crippen LogP) is 1.87. The molecule has 1 amide bonds. The van der Waals surface area contributed by atoms with Crippen LogP contribution in [-0.2, 0) is 12.8 Å². The summed E-state index contributed by atoms with van der Waals surface area (Å²) in [5, 5.41) is 13.3. The summed E-state index contributed by atoms with van der Waals surface area (Å²) in [6.45, 7) is 1.74. The van der Waals surface area contributed by atoms with Crippen LogP contribution in [-0.4, -0.2) is 30.9 Å². The minimum atomic E-state index is -4.58. The van der Waals surface area contributed by atoms with Crippen LogP contribution in [0.25, 0.3) is 10.9 Å². The molecule has 0 aliphatic heterocycles. The van der Waals surface area contributed by atoms with Crippen LogP contribution in [0.5, 0.6) is 0 Å². The smallest absolute Gasteiger partial charge is 0.347 e. The van der Waals surface area contributed by atoms with E-state index in [1.807, 2.05) is 6.92 Å². The number of carbonyl (C=O) groups excluding carboxylic acids is 1. The highest BCUT2D eigenvalue weighted by Crippen LogP contribution is 2.21. The van der Waals surface area contributed by atoms with Crippen molar-refractivity contribution in [3.8, 4) is 0 Å². The molecule has 3 heterocycles. The molecule has 3 aromatic heterocycles. The molecule has 0 bridgehead atoms. The first kappa shape index (κ1) is 15.0. The Morgan fingerprint density at radius 1 is 1.39 bits per heavy atom. The van der Waals surface area contributed by atoms with Crippen molar-refractivity contribution in [2.75, 3.05) is 0 Å². The second-order valence-electron chi connectivity index (χ2n) is 4.88. The first-order chi connectivity index (χ1) is 10.8. The molecule has 0 aromatic carbocycles. The average molecular weight is 324 g/mol. The maximum atomic E-state index is 12.4. The van der Waals surface area contributed by atoms with E-state index in [4.69, 9.17) is 0 Å². The van der Waals surface area contributed by atoms with Crippen LogP contribution in [0.15, 0.2) is 24.7 Å². The summed E-state index contributed by atoms with van der Waals surface area (Å²) in [6.07, 6.45) is -1.20. The van der Waals surface area contributed by atoms with Gasteiger partial charge in [0.2, 0.25) is 0 Å². The molecular weight excluding hydrogens is 313 g/mol. The molecule has 10 heteroatoms. The molecule has 0 spiro atoms. The Balaban J connectivity index is 1.69. The van der Waals surface area contributed by atoms with Gasteiger partial charge in [0.05, 0.1) is 11.7 Å². The Labute approximate surface area is 127 Å². The normalized spacial score (nSPS) is 11.8. The number of aromatic amines is 1. The topological polar surface area (TPSA) is 88.5 Å². The van der Waals surface area contributed by atoms with Crippen molar-refractivity contribution in [3.63, 3.8) is 0 Å². The summed E-state index contributed by atoms with van der Waals surface area (Å²) in [5.41, 5.74) is 1.78. The number of nitrogens with one attached hydrogen (secondary N) is 2. The van der Waals surface area contributed by atoms with Crippen molar-refractivity contribution >= 4 is 16.8 Å². The van der Waals surface area contributed by atoms with E-state index in [-0.39, 0.29) is 22.5 Å². The lowest BCUT2D eigenvalue weighted by atomic mass is 10.2. The van der Waals surface area contributed by atoms with Gasteiger partial charge in [0.15, 0.2) is 0 Å². The molecule has 0 saturated heterocycles. The van der Waals surface area contributed by atoms with E-state index in [1.165, 1.54) is 12.3 Å². The van der Waals surface area contributed by atoms with E-state index < -0.39 is 12.2 Å². The molecule has 2 N–H and O–H groups in total. The first-order valence-electron chi connectivity index (χ1n) is 6.54. The van der Waals surface area contributed by atoms with Gasteiger partial charge in [-0.25, -0.2) is 0 Å². The van der Waals surface area contributed by atoms with E-state index in [0.29, 0.717) is 5.52 Å². The average Bonchev–Trinajstić information content (AvgIpc) is 3.11. The molecule has 0 aliphatic carbocycles. The molecule has 0 saturated carbocycles. The Bertz CT molecular complexity index is 866. The van der Waals surface area contributed by atoms with Gasteiger partial charge < -0.3 is 5.32 Å². The third-order valence-corrected chi connectivity index (χ3v) is 3.21. The number of halogens is 3. The third-order valence-electron chi connectivity index (χ3n) is 3.21. The van der Waals surface area contributed by atoms with Gasteiger partial charge in [-0.15, -0.1) is 13.2 Å².